The largest absolute Gasteiger partial charge is 0.483 e. The lowest BCUT2D eigenvalue weighted by Crippen LogP contribution is -2.12. The van der Waals surface area contributed by atoms with Crippen LogP contribution in [0.1, 0.15) is 56.7 Å². The molecule has 0 amide bonds. The van der Waals surface area contributed by atoms with Crippen molar-refractivity contribution in [1.29, 1.82) is 0 Å². The zero-order valence-corrected chi connectivity index (χ0v) is 18.6. The first-order valence-electron chi connectivity index (χ1n) is 9.65. The molecule has 0 N–H and O–H groups in total. The van der Waals surface area contributed by atoms with E-state index in [1.807, 2.05) is 30.5 Å². The third-order valence-electron chi connectivity index (χ3n) is 4.66. The van der Waals surface area contributed by atoms with Crippen molar-refractivity contribution in [3.63, 3.8) is 0 Å². The van der Waals surface area contributed by atoms with Gasteiger partial charge in [0.25, 0.3) is 0 Å². The fourth-order valence-corrected chi connectivity index (χ4v) is 4.30. The minimum Gasteiger partial charge on any atom is -0.483 e. The van der Waals surface area contributed by atoms with Crippen LogP contribution in [0.2, 0.25) is 5.02 Å². The Morgan fingerprint density at radius 2 is 1.83 bits per heavy atom. The molecule has 0 saturated carbocycles. The average Bonchev–Trinajstić information content (AvgIpc) is 3.10. The maximum atomic E-state index is 13.2. The predicted molar refractivity (Wildman–Crippen MR) is 116 cm³/mol. The highest BCUT2D eigenvalue weighted by atomic mass is 35.5. The van der Waals surface area contributed by atoms with Gasteiger partial charge >= 0.3 is 0 Å². The van der Waals surface area contributed by atoms with Crippen molar-refractivity contribution in [2.45, 2.75) is 57.2 Å². The van der Waals surface area contributed by atoms with Crippen molar-refractivity contribution in [2.75, 3.05) is 0 Å². The van der Waals surface area contributed by atoms with E-state index in [1.54, 1.807) is 6.07 Å². The molecular weight excluding hydrogens is 409 g/mol. The fourth-order valence-electron chi connectivity index (χ4n) is 2.97. The van der Waals surface area contributed by atoms with Crippen molar-refractivity contribution in [2.24, 2.45) is 0 Å². The number of hydrogen-bond donors (Lipinski definition) is 0. The van der Waals surface area contributed by atoms with Crippen LogP contribution in [0, 0.1) is 5.82 Å². The van der Waals surface area contributed by atoms with Gasteiger partial charge in [0.2, 0.25) is 0 Å². The third kappa shape index (κ3) is 5.31. The number of hydrogen-bond acceptors (Lipinski definition) is 4. The molecule has 1 heterocycles. The van der Waals surface area contributed by atoms with E-state index in [4.69, 9.17) is 16.3 Å². The van der Waals surface area contributed by atoms with Crippen LogP contribution in [-0.4, -0.2) is 14.8 Å². The Hall–Kier alpha value is -2.05. The summed E-state index contributed by atoms with van der Waals surface area (Å²) in [5.74, 6) is 2.31. The highest BCUT2D eigenvalue weighted by Crippen LogP contribution is 2.29. The summed E-state index contributed by atoms with van der Waals surface area (Å²) in [4.78, 5) is 0. The van der Waals surface area contributed by atoms with E-state index < -0.39 is 0 Å². The molecular formula is C22H25ClFN3OS. The number of benzene rings is 2. The molecule has 4 nitrogen and oxygen atoms in total. The first-order chi connectivity index (χ1) is 13.9. The van der Waals surface area contributed by atoms with E-state index in [2.05, 4.69) is 36.2 Å². The molecule has 2 aromatic carbocycles. The molecule has 0 aliphatic carbocycles. The second-order valence-corrected chi connectivity index (χ2v) is 8.44. The van der Waals surface area contributed by atoms with Crippen molar-refractivity contribution < 1.29 is 9.13 Å². The first kappa shape index (κ1) is 21.7. The fraction of sp³-hybridized carbons (Fsp3) is 0.364. The van der Waals surface area contributed by atoms with Gasteiger partial charge in [-0.15, -0.1) is 10.2 Å². The third-order valence-corrected chi connectivity index (χ3v) is 6.02. The van der Waals surface area contributed by atoms with E-state index in [1.165, 1.54) is 29.5 Å². The van der Waals surface area contributed by atoms with Gasteiger partial charge in [0.1, 0.15) is 11.6 Å². The van der Waals surface area contributed by atoms with Gasteiger partial charge in [-0.1, -0.05) is 55.4 Å². The van der Waals surface area contributed by atoms with Crippen LogP contribution in [0.5, 0.6) is 5.75 Å². The maximum absolute atomic E-state index is 13.2. The second kappa shape index (κ2) is 9.63. The van der Waals surface area contributed by atoms with Crippen LogP contribution >= 0.6 is 23.4 Å². The summed E-state index contributed by atoms with van der Waals surface area (Å²) in [5.41, 5.74) is 2.14. The molecule has 0 spiro atoms. The standard InChI is InChI=1S/C22H25ClFN3OS/c1-5-27-21(15(4)28-19-10-7-16(8-11-19)14(2)3)25-26-22(27)29-13-17-6-9-18(24)12-20(17)23/h6-12,14-15H,5,13H2,1-4H3. The van der Waals surface area contributed by atoms with Gasteiger partial charge in [-0.05, 0) is 55.2 Å². The number of nitrogens with zero attached hydrogens (tertiary/aromatic N) is 3. The molecule has 0 fully saturated rings. The zero-order valence-electron chi connectivity index (χ0n) is 17.0. The molecule has 3 rings (SSSR count). The smallest absolute Gasteiger partial charge is 0.191 e. The van der Waals surface area contributed by atoms with Crippen molar-refractivity contribution in [3.05, 3.63) is 70.3 Å². The Morgan fingerprint density at radius 3 is 2.45 bits per heavy atom. The van der Waals surface area contributed by atoms with Crippen molar-refractivity contribution in [1.82, 2.24) is 14.8 Å². The average molecular weight is 434 g/mol. The van der Waals surface area contributed by atoms with Crippen LogP contribution in [0.3, 0.4) is 0 Å². The molecule has 0 aliphatic rings. The van der Waals surface area contributed by atoms with E-state index in [0.29, 0.717) is 16.7 Å². The first-order valence-corrected chi connectivity index (χ1v) is 11.0. The lowest BCUT2D eigenvalue weighted by molar-refractivity contribution is 0.210. The van der Waals surface area contributed by atoms with Crippen LogP contribution in [-0.2, 0) is 12.3 Å². The molecule has 29 heavy (non-hydrogen) atoms. The van der Waals surface area contributed by atoms with Crippen LogP contribution < -0.4 is 4.74 Å². The molecule has 1 unspecified atom stereocenters. The Balaban J connectivity index is 1.70. The van der Waals surface area contributed by atoms with Crippen molar-refractivity contribution in [3.8, 4) is 5.75 Å². The van der Waals surface area contributed by atoms with Gasteiger partial charge in [-0.2, -0.15) is 0 Å². The number of halogens is 2. The Labute approximate surface area is 180 Å². The SMILES string of the molecule is CCn1c(SCc2ccc(F)cc2Cl)nnc1C(C)Oc1ccc(C(C)C)cc1. The lowest BCUT2D eigenvalue weighted by Gasteiger charge is -2.16. The Morgan fingerprint density at radius 1 is 1.10 bits per heavy atom. The van der Waals surface area contributed by atoms with Crippen LogP contribution in [0.25, 0.3) is 0 Å². The number of rotatable bonds is 8. The molecule has 154 valence electrons. The van der Waals surface area contributed by atoms with Crippen LogP contribution in [0.15, 0.2) is 47.6 Å². The topological polar surface area (TPSA) is 39.9 Å². The van der Waals surface area contributed by atoms with E-state index in [0.717, 1.165) is 28.8 Å². The summed E-state index contributed by atoms with van der Waals surface area (Å²) < 4.78 is 21.4. The number of thioether (sulfide) groups is 1. The summed E-state index contributed by atoms with van der Waals surface area (Å²) in [7, 11) is 0. The number of aromatic nitrogens is 3. The molecule has 0 bridgehead atoms. The summed E-state index contributed by atoms with van der Waals surface area (Å²) in [6, 6.07) is 12.6. The second-order valence-electron chi connectivity index (χ2n) is 7.09. The van der Waals surface area contributed by atoms with Gasteiger partial charge in [-0.25, -0.2) is 4.39 Å². The minimum absolute atomic E-state index is 0.240. The van der Waals surface area contributed by atoms with Gasteiger partial charge < -0.3 is 9.30 Å². The normalized spacial score (nSPS) is 12.4. The molecule has 0 radical (unpaired) electrons. The summed E-state index contributed by atoms with van der Waals surface area (Å²) in [5, 5.41) is 9.88. The Kier molecular flexibility index (Phi) is 7.19. The quantitative estimate of drug-likeness (QED) is 0.373. The van der Waals surface area contributed by atoms with Gasteiger partial charge in [0, 0.05) is 17.3 Å². The predicted octanol–water partition coefficient (Wildman–Crippen LogP) is 6.65. The van der Waals surface area contributed by atoms with E-state index >= 15 is 0 Å². The molecule has 7 heteroatoms. The van der Waals surface area contributed by atoms with E-state index in [9.17, 15) is 4.39 Å². The zero-order chi connectivity index (χ0) is 21.0. The maximum Gasteiger partial charge on any atom is 0.191 e. The highest BCUT2D eigenvalue weighted by Gasteiger charge is 2.19. The van der Waals surface area contributed by atoms with Gasteiger partial charge in [0.15, 0.2) is 17.1 Å². The summed E-state index contributed by atoms with van der Waals surface area (Å²) in [6.45, 7) is 9.08. The van der Waals surface area contributed by atoms with Crippen LogP contribution in [0.4, 0.5) is 4.39 Å². The van der Waals surface area contributed by atoms with Crippen molar-refractivity contribution >= 4 is 23.4 Å². The number of ether oxygens (including phenoxy) is 1. The summed E-state index contributed by atoms with van der Waals surface area (Å²) >= 11 is 7.65. The van der Waals surface area contributed by atoms with E-state index in [-0.39, 0.29) is 11.9 Å². The van der Waals surface area contributed by atoms with Gasteiger partial charge in [-0.3, -0.25) is 0 Å². The molecule has 1 aromatic heterocycles. The Bertz CT molecular complexity index is 959. The molecule has 0 aliphatic heterocycles. The molecule has 0 saturated heterocycles. The highest BCUT2D eigenvalue weighted by molar-refractivity contribution is 7.98. The monoisotopic (exact) mass is 433 g/mol. The van der Waals surface area contributed by atoms with Gasteiger partial charge in [0.05, 0.1) is 0 Å². The lowest BCUT2D eigenvalue weighted by atomic mass is 10.0. The summed E-state index contributed by atoms with van der Waals surface area (Å²) in [6.07, 6.45) is -0.240. The molecule has 1 atom stereocenters. The minimum atomic E-state index is -0.338. The molecule has 3 aromatic rings.